The van der Waals surface area contributed by atoms with Gasteiger partial charge in [0.2, 0.25) is 0 Å². The first-order chi connectivity index (χ1) is 6.34. The molecule has 3 rings (SSSR count). The van der Waals surface area contributed by atoms with Crippen LogP contribution in [0.4, 0.5) is 0 Å². The summed E-state index contributed by atoms with van der Waals surface area (Å²) in [5.41, 5.74) is 2.70. The van der Waals surface area contributed by atoms with Crippen molar-refractivity contribution in [2.75, 3.05) is 0 Å². The third-order valence-corrected chi connectivity index (χ3v) is 3.42. The van der Waals surface area contributed by atoms with E-state index in [1.54, 1.807) is 0 Å². The van der Waals surface area contributed by atoms with Gasteiger partial charge in [-0.3, -0.25) is 4.98 Å². The van der Waals surface area contributed by atoms with Crippen molar-refractivity contribution < 1.29 is 0 Å². The zero-order valence-corrected chi connectivity index (χ0v) is 8.03. The predicted molar refractivity (Wildman–Crippen MR) is 52.5 cm³/mol. The quantitative estimate of drug-likeness (QED) is 0.670. The number of hydrogen-bond donors (Lipinski definition) is 0. The van der Waals surface area contributed by atoms with Crippen molar-refractivity contribution in [1.82, 2.24) is 4.98 Å². The van der Waals surface area contributed by atoms with Gasteiger partial charge in [-0.05, 0) is 61.6 Å². The maximum atomic E-state index is 4.24. The Bertz CT molecular complexity index is 328. The highest BCUT2D eigenvalue weighted by Crippen LogP contribution is 2.59. The maximum Gasteiger partial charge on any atom is 0.0375 e. The summed E-state index contributed by atoms with van der Waals surface area (Å²) in [6, 6.07) is 4.45. The van der Waals surface area contributed by atoms with Gasteiger partial charge in [-0.15, -0.1) is 0 Å². The summed E-state index contributed by atoms with van der Waals surface area (Å²) in [4.78, 5) is 4.24. The van der Waals surface area contributed by atoms with Gasteiger partial charge >= 0.3 is 0 Å². The van der Waals surface area contributed by atoms with Crippen molar-refractivity contribution in [3.8, 4) is 0 Å². The lowest BCUT2D eigenvalue weighted by Gasteiger charge is -1.99. The van der Waals surface area contributed by atoms with E-state index >= 15 is 0 Å². The molecule has 0 aliphatic heterocycles. The Hall–Kier alpha value is -0.850. The fourth-order valence-corrected chi connectivity index (χ4v) is 2.44. The zero-order chi connectivity index (χ0) is 8.84. The Labute approximate surface area is 79.2 Å². The molecule has 0 amide bonds. The summed E-state index contributed by atoms with van der Waals surface area (Å²) in [6.45, 7) is 2.08. The van der Waals surface area contributed by atoms with Crippen LogP contribution in [0.5, 0.6) is 0 Å². The highest BCUT2D eigenvalue weighted by molar-refractivity contribution is 5.27. The first-order valence-corrected chi connectivity index (χ1v) is 5.27. The predicted octanol–water partition coefficient (Wildman–Crippen LogP) is 2.90. The number of hydrogen-bond acceptors (Lipinski definition) is 1. The maximum absolute atomic E-state index is 4.24. The molecule has 13 heavy (non-hydrogen) atoms. The molecular formula is C12H15N. The van der Waals surface area contributed by atoms with Crippen LogP contribution >= 0.6 is 0 Å². The zero-order valence-electron chi connectivity index (χ0n) is 8.03. The van der Waals surface area contributed by atoms with Crippen LogP contribution in [0.3, 0.4) is 0 Å². The van der Waals surface area contributed by atoms with Crippen LogP contribution in [0.2, 0.25) is 0 Å². The molecule has 68 valence electrons. The van der Waals surface area contributed by atoms with E-state index in [-0.39, 0.29) is 0 Å². The van der Waals surface area contributed by atoms with E-state index in [0.717, 1.165) is 17.8 Å². The molecule has 2 aliphatic carbocycles. The molecule has 0 aromatic carbocycles. The lowest BCUT2D eigenvalue weighted by molar-refractivity contribution is 0.689. The molecule has 1 heterocycles. The summed E-state index contributed by atoms with van der Waals surface area (Å²) in [7, 11) is 0. The fraction of sp³-hybridized carbons (Fsp3) is 0.583. The third-order valence-electron chi connectivity index (χ3n) is 3.42. The smallest absolute Gasteiger partial charge is 0.0375 e. The minimum absolute atomic E-state index is 0.884. The SMILES string of the molecule is Cc1cc(C2CC2C2CC2)ccn1. The Kier molecular flexibility index (Phi) is 1.49. The van der Waals surface area contributed by atoms with Crippen LogP contribution in [0.15, 0.2) is 18.3 Å². The van der Waals surface area contributed by atoms with Gasteiger partial charge in [-0.1, -0.05) is 0 Å². The van der Waals surface area contributed by atoms with Crippen LogP contribution in [0.1, 0.15) is 36.4 Å². The van der Waals surface area contributed by atoms with E-state index in [1.165, 1.54) is 30.5 Å². The molecule has 0 spiro atoms. The van der Waals surface area contributed by atoms with Gasteiger partial charge in [-0.25, -0.2) is 0 Å². The summed E-state index contributed by atoms with van der Waals surface area (Å²) < 4.78 is 0. The second kappa shape index (κ2) is 2.57. The molecule has 1 aromatic rings. The van der Waals surface area contributed by atoms with Crippen molar-refractivity contribution >= 4 is 0 Å². The molecule has 0 saturated heterocycles. The van der Waals surface area contributed by atoms with E-state index in [1.807, 2.05) is 6.20 Å². The Balaban J connectivity index is 1.78. The number of nitrogens with zero attached hydrogens (tertiary/aromatic N) is 1. The monoisotopic (exact) mass is 173 g/mol. The van der Waals surface area contributed by atoms with Crippen LogP contribution < -0.4 is 0 Å². The van der Waals surface area contributed by atoms with Gasteiger partial charge in [0, 0.05) is 11.9 Å². The van der Waals surface area contributed by atoms with Gasteiger partial charge < -0.3 is 0 Å². The highest BCUT2D eigenvalue weighted by Gasteiger charge is 2.47. The second-order valence-electron chi connectivity index (χ2n) is 4.57. The molecule has 2 saturated carbocycles. The van der Waals surface area contributed by atoms with Crippen LogP contribution in [-0.2, 0) is 0 Å². The lowest BCUT2D eigenvalue weighted by atomic mass is 10.1. The summed E-state index contributed by atoms with van der Waals surface area (Å²) in [5.74, 6) is 2.99. The Morgan fingerprint density at radius 3 is 2.92 bits per heavy atom. The first kappa shape index (κ1) is 7.54. The molecule has 2 aliphatic rings. The molecule has 2 atom stereocenters. The van der Waals surface area contributed by atoms with E-state index in [0.29, 0.717) is 0 Å². The number of pyridine rings is 1. The Morgan fingerprint density at radius 2 is 2.23 bits per heavy atom. The van der Waals surface area contributed by atoms with E-state index < -0.39 is 0 Å². The number of rotatable bonds is 2. The molecule has 1 nitrogen and oxygen atoms in total. The van der Waals surface area contributed by atoms with Crippen LogP contribution in [0.25, 0.3) is 0 Å². The normalized spacial score (nSPS) is 31.8. The van der Waals surface area contributed by atoms with Crippen molar-refractivity contribution in [2.24, 2.45) is 11.8 Å². The van der Waals surface area contributed by atoms with Gasteiger partial charge in [-0.2, -0.15) is 0 Å². The number of aromatic nitrogens is 1. The molecule has 1 heteroatoms. The summed E-state index contributed by atoms with van der Waals surface area (Å²) >= 11 is 0. The van der Waals surface area contributed by atoms with Crippen molar-refractivity contribution in [1.29, 1.82) is 0 Å². The third kappa shape index (κ3) is 1.37. The van der Waals surface area contributed by atoms with Gasteiger partial charge in [0.05, 0.1) is 0 Å². The first-order valence-electron chi connectivity index (χ1n) is 5.27. The van der Waals surface area contributed by atoms with Gasteiger partial charge in [0.15, 0.2) is 0 Å². The van der Waals surface area contributed by atoms with Gasteiger partial charge in [0.1, 0.15) is 0 Å². The van der Waals surface area contributed by atoms with Crippen molar-refractivity contribution in [2.45, 2.75) is 32.1 Å². The molecular weight excluding hydrogens is 158 g/mol. The van der Waals surface area contributed by atoms with E-state index in [2.05, 4.69) is 24.0 Å². The van der Waals surface area contributed by atoms with E-state index in [9.17, 15) is 0 Å². The molecule has 0 radical (unpaired) electrons. The lowest BCUT2D eigenvalue weighted by Crippen LogP contribution is -1.88. The van der Waals surface area contributed by atoms with E-state index in [4.69, 9.17) is 0 Å². The van der Waals surface area contributed by atoms with Gasteiger partial charge in [0.25, 0.3) is 0 Å². The average Bonchev–Trinajstić information content (AvgIpc) is 2.99. The molecule has 1 aromatic heterocycles. The largest absolute Gasteiger partial charge is 0.262 e. The molecule has 2 fully saturated rings. The average molecular weight is 173 g/mol. The summed E-state index contributed by atoms with van der Waals surface area (Å²) in [6.07, 6.45) is 6.37. The fourth-order valence-electron chi connectivity index (χ4n) is 2.44. The molecule has 0 N–H and O–H groups in total. The Morgan fingerprint density at radius 1 is 1.38 bits per heavy atom. The van der Waals surface area contributed by atoms with Crippen LogP contribution in [0, 0.1) is 18.8 Å². The molecule has 0 bridgehead atoms. The summed E-state index contributed by atoms with van der Waals surface area (Å²) in [5, 5.41) is 0. The minimum atomic E-state index is 0.884. The van der Waals surface area contributed by atoms with Crippen LogP contribution in [-0.4, -0.2) is 4.98 Å². The number of aryl methyl sites for hydroxylation is 1. The minimum Gasteiger partial charge on any atom is -0.262 e. The van der Waals surface area contributed by atoms with Crippen molar-refractivity contribution in [3.05, 3.63) is 29.6 Å². The second-order valence-corrected chi connectivity index (χ2v) is 4.57. The van der Waals surface area contributed by atoms with Crippen molar-refractivity contribution in [3.63, 3.8) is 0 Å². The standard InChI is InChI=1S/C12H15N/c1-8-6-10(4-5-13-8)12-7-11(12)9-2-3-9/h4-6,9,11-12H,2-3,7H2,1H3. The topological polar surface area (TPSA) is 12.9 Å². The molecule has 2 unspecified atom stereocenters. The highest BCUT2D eigenvalue weighted by atomic mass is 14.7.